The maximum Gasteiger partial charge on any atom is 0.335 e. The highest BCUT2D eigenvalue weighted by atomic mass is 79.9. The lowest BCUT2D eigenvalue weighted by Gasteiger charge is -2.50. The number of rotatable bonds is 5. The summed E-state index contributed by atoms with van der Waals surface area (Å²) in [5, 5.41) is 20.9. The van der Waals surface area contributed by atoms with E-state index in [-0.39, 0.29) is 43.9 Å². The number of hydrogen-bond acceptors (Lipinski definition) is 7. The molecule has 0 radical (unpaired) electrons. The first-order valence-corrected chi connectivity index (χ1v) is 16.7. The maximum absolute atomic E-state index is 15.3. The number of imide groups is 2. The third kappa shape index (κ3) is 4.55. The third-order valence-electron chi connectivity index (χ3n) is 10.2. The molecule has 3 aromatic carbocycles. The predicted molar refractivity (Wildman–Crippen MR) is 175 cm³/mol. The van der Waals surface area contributed by atoms with Crippen LogP contribution in [0.3, 0.4) is 0 Å². The van der Waals surface area contributed by atoms with Crippen molar-refractivity contribution < 1.29 is 60.9 Å². The number of fused-ring (bicyclic) bond motifs is 4. The van der Waals surface area contributed by atoms with Gasteiger partial charge in [-0.05, 0) is 49.1 Å². The molecule has 10 nitrogen and oxygen atoms in total. The predicted octanol–water partition coefficient (Wildman–Crippen LogP) is 6.33. The molecule has 2 aliphatic carbocycles. The minimum atomic E-state index is -2.87. The molecule has 3 aromatic rings. The van der Waals surface area contributed by atoms with Crippen molar-refractivity contribution in [1.29, 1.82) is 0 Å². The van der Waals surface area contributed by atoms with Gasteiger partial charge in [0.2, 0.25) is 17.6 Å². The van der Waals surface area contributed by atoms with Crippen LogP contribution < -0.4 is 14.5 Å². The van der Waals surface area contributed by atoms with E-state index < -0.39 is 110 Å². The molecule has 52 heavy (non-hydrogen) atoms. The van der Waals surface area contributed by atoms with Gasteiger partial charge >= 0.3 is 5.97 Å². The summed E-state index contributed by atoms with van der Waals surface area (Å²) in [6.45, 7) is 0. The first kappa shape index (κ1) is 35.8. The molecular weight excluding hydrogens is 810 g/mol. The van der Waals surface area contributed by atoms with E-state index in [0.29, 0.717) is 0 Å². The standard InChI is InChI=1S/C34H20BrCl2F5N2O8/c1-52-18-9-12(35)8-16(27(18)45)20-14-5-6-15-19(29(47)43(28(15)46)13-4-2-3-11(7-13)30(48)49)17(14)10-33(36)31(50)44(32(51)34(20,33)37)26-24(41)22(39)21(38)23(40)25(26)42/h2-5,7-9,15,17,19-20,45H,6,10H2,1H3,(H,48,49)/t15-,17+,19-,20+,33+,34-/m0/s1. The van der Waals surface area contributed by atoms with Crippen molar-refractivity contribution in [2.45, 2.75) is 28.5 Å². The lowest BCUT2D eigenvalue weighted by atomic mass is 9.56. The Hall–Kier alpha value is -4.54. The van der Waals surface area contributed by atoms with Crippen molar-refractivity contribution in [2.24, 2.45) is 17.8 Å². The SMILES string of the molecule is COc1cc(Br)cc([C@H]2C3=CC[C@@H]4C(=O)N(c5cccc(C(=O)O)c5)C(=O)[C@@H]4[C@@H]3C[C@@]3(Cl)C(=O)N(c4c(F)c(F)c(F)c(F)c4F)C(=O)[C@@]23Cl)c1O. The zero-order valence-corrected chi connectivity index (χ0v) is 29.1. The average Bonchev–Trinajstić information content (AvgIpc) is 3.45. The molecule has 6 atom stereocenters. The number of carbonyl (C=O) groups excluding carboxylic acids is 4. The van der Waals surface area contributed by atoms with Crippen molar-refractivity contribution in [3.8, 4) is 11.5 Å². The molecule has 0 aromatic heterocycles. The first-order chi connectivity index (χ1) is 24.4. The number of phenols is 1. The molecule has 2 heterocycles. The maximum atomic E-state index is 15.3. The second kappa shape index (κ2) is 12.0. The minimum absolute atomic E-state index is 0.0792. The molecule has 4 aliphatic rings. The number of ether oxygens (including phenoxy) is 1. The Morgan fingerprint density at radius 1 is 0.904 bits per heavy atom. The molecule has 0 bridgehead atoms. The summed E-state index contributed by atoms with van der Waals surface area (Å²) in [7, 11) is 1.19. The number of allylic oxidation sites excluding steroid dienone is 2. The summed E-state index contributed by atoms with van der Waals surface area (Å²) in [6, 6.07) is 7.58. The first-order valence-electron chi connectivity index (χ1n) is 15.2. The van der Waals surface area contributed by atoms with Crippen molar-refractivity contribution >= 4 is 80.1 Å². The van der Waals surface area contributed by atoms with Crippen LogP contribution in [-0.4, -0.2) is 56.7 Å². The van der Waals surface area contributed by atoms with Crippen LogP contribution in [0.4, 0.5) is 33.3 Å². The van der Waals surface area contributed by atoms with Gasteiger partial charge < -0.3 is 14.9 Å². The number of phenolic OH excluding ortho intramolecular Hbond substituents is 1. The molecular formula is C34H20BrCl2F5N2O8. The smallest absolute Gasteiger partial charge is 0.335 e. The zero-order chi connectivity index (χ0) is 37.9. The van der Waals surface area contributed by atoms with Crippen LogP contribution in [0.15, 0.2) is 52.5 Å². The van der Waals surface area contributed by atoms with Crippen LogP contribution >= 0.6 is 39.1 Å². The Balaban J connectivity index is 1.45. The fraction of sp³-hybridized carbons (Fsp3) is 0.265. The quantitative estimate of drug-likeness (QED) is 0.0760. The van der Waals surface area contributed by atoms with Gasteiger partial charge in [-0.15, -0.1) is 23.2 Å². The van der Waals surface area contributed by atoms with Gasteiger partial charge in [0, 0.05) is 16.0 Å². The van der Waals surface area contributed by atoms with E-state index >= 15 is 8.78 Å². The second-order valence-corrected chi connectivity index (χ2v) is 14.8. The summed E-state index contributed by atoms with van der Waals surface area (Å²) in [4.78, 5) is 63.3. The van der Waals surface area contributed by atoms with E-state index in [2.05, 4.69) is 15.9 Å². The van der Waals surface area contributed by atoms with Gasteiger partial charge in [0.15, 0.2) is 44.5 Å². The average molecular weight is 830 g/mol. The number of carbonyl (C=O) groups is 5. The molecule has 3 fully saturated rings. The Kier molecular flexibility index (Phi) is 8.27. The van der Waals surface area contributed by atoms with Gasteiger partial charge in [0.05, 0.1) is 30.2 Å². The fourth-order valence-corrected chi connectivity index (χ4v) is 9.30. The largest absolute Gasteiger partial charge is 0.504 e. The molecule has 0 spiro atoms. The van der Waals surface area contributed by atoms with Gasteiger partial charge in [0.25, 0.3) is 11.8 Å². The van der Waals surface area contributed by atoms with E-state index in [0.717, 1.165) is 11.0 Å². The highest BCUT2D eigenvalue weighted by molar-refractivity contribution is 9.10. The zero-order valence-electron chi connectivity index (χ0n) is 26.0. The van der Waals surface area contributed by atoms with Crippen LogP contribution in [0.25, 0.3) is 0 Å². The highest BCUT2D eigenvalue weighted by Gasteiger charge is 2.77. The van der Waals surface area contributed by atoms with E-state index in [4.69, 9.17) is 27.9 Å². The van der Waals surface area contributed by atoms with Crippen LogP contribution in [0.1, 0.15) is 34.7 Å². The molecule has 0 unspecified atom stereocenters. The summed E-state index contributed by atoms with van der Waals surface area (Å²) < 4.78 is 79.0. The number of anilines is 2. The number of hydrogen-bond donors (Lipinski definition) is 2. The van der Waals surface area contributed by atoms with Gasteiger partial charge in [0.1, 0.15) is 5.69 Å². The van der Waals surface area contributed by atoms with Gasteiger partial charge in [-0.2, -0.15) is 0 Å². The number of nitrogens with zero attached hydrogens (tertiary/aromatic N) is 2. The molecule has 2 N–H and O–H groups in total. The number of aromatic hydroxyl groups is 1. The molecule has 2 saturated heterocycles. The monoisotopic (exact) mass is 828 g/mol. The lowest BCUT2D eigenvalue weighted by Crippen LogP contribution is -2.60. The number of carboxylic acids is 1. The lowest BCUT2D eigenvalue weighted by molar-refractivity contribution is -0.125. The van der Waals surface area contributed by atoms with Gasteiger partial charge in [-0.1, -0.05) is 33.6 Å². The Bertz CT molecular complexity index is 2210. The molecule has 7 rings (SSSR count). The topological polar surface area (TPSA) is 142 Å². The Morgan fingerprint density at radius 3 is 2.15 bits per heavy atom. The van der Waals surface area contributed by atoms with Gasteiger partial charge in [-0.3, -0.25) is 24.1 Å². The van der Waals surface area contributed by atoms with Crippen LogP contribution in [-0.2, 0) is 19.2 Å². The summed E-state index contributed by atoms with van der Waals surface area (Å²) in [5.74, 6) is -25.2. The third-order valence-corrected chi connectivity index (χ3v) is 12.0. The number of methoxy groups -OCH3 is 1. The van der Waals surface area contributed by atoms with Crippen molar-refractivity contribution in [3.05, 3.63) is 92.7 Å². The highest BCUT2D eigenvalue weighted by Crippen LogP contribution is 2.67. The molecule has 2 aliphatic heterocycles. The van der Waals surface area contributed by atoms with E-state index in [9.17, 15) is 47.4 Å². The minimum Gasteiger partial charge on any atom is -0.504 e. The van der Waals surface area contributed by atoms with Gasteiger partial charge in [-0.25, -0.2) is 31.6 Å². The van der Waals surface area contributed by atoms with Crippen molar-refractivity contribution in [1.82, 2.24) is 0 Å². The van der Waals surface area contributed by atoms with Crippen LogP contribution in [0.5, 0.6) is 11.5 Å². The van der Waals surface area contributed by atoms with Crippen molar-refractivity contribution in [3.63, 3.8) is 0 Å². The summed E-state index contributed by atoms with van der Waals surface area (Å²) in [6.07, 6.45) is 0.501. The molecule has 1 saturated carbocycles. The summed E-state index contributed by atoms with van der Waals surface area (Å²) in [5.41, 5.74) is -2.42. The number of carboxylic acid groups (broad SMARTS) is 1. The summed E-state index contributed by atoms with van der Waals surface area (Å²) >= 11 is 17.5. The number of halogens is 8. The van der Waals surface area contributed by atoms with E-state index in [1.165, 1.54) is 43.5 Å². The normalized spacial score (nSPS) is 28.1. The number of amides is 4. The molecule has 18 heteroatoms. The number of aromatic carboxylic acids is 1. The fourth-order valence-electron chi connectivity index (χ4n) is 7.91. The number of benzene rings is 3. The van der Waals surface area contributed by atoms with Crippen LogP contribution in [0, 0.1) is 46.8 Å². The molecule has 4 amide bonds. The molecule has 270 valence electrons. The second-order valence-electron chi connectivity index (χ2n) is 12.6. The van der Waals surface area contributed by atoms with E-state index in [1.807, 2.05) is 0 Å². The van der Waals surface area contributed by atoms with Crippen LogP contribution in [0.2, 0.25) is 0 Å². The van der Waals surface area contributed by atoms with Crippen molar-refractivity contribution in [2.75, 3.05) is 16.9 Å². The Morgan fingerprint density at radius 2 is 1.54 bits per heavy atom. The van der Waals surface area contributed by atoms with E-state index in [1.54, 1.807) is 0 Å². The number of alkyl halides is 2. The Labute approximate surface area is 307 Å².